The summed E-state index contributed by atoms with van der Waals surface area (Å²) >= 11 is 0. The molecular formula is C27H40O17. The van der Waals surface area contributed by atoms with E-state index in [1.54, 1.807) is 0 Å². The van der Waals surface area contributed by atoms with Gasteiger partial charge in [-0.15, -0.1) is 0 Å². The average Bonchev–Trinajstić information content (AvgIpc) is 2.92. The van der Waals surface area contributed by atoms with Gasteiger partial charge < -0.3 is 64.5 Å². The third kappa shape index (κ3) is 8.41. The van der Waals surface area contributed by atoms with Crippen LogP contribution in [0.25, 0.3) is 0 Å². The lowest BCUT2D eigenvalue weighted by Gasteiger charge is -2.51. The van der Waals surface area contributed by atoms with Crippen LogP contribution in [0.5, 0.6) is 0 Å². The standard InChI is InChI=1S/C27H40O17/c28-11-4-14(30)12-6-17(25(41-16(12)5-11)10-1-2-13(29)15(31)3-10)42-27-24(39)26(44-22(37)8-20(34)35)23(38)18(43-27)9-40-21(36)7-19(32)33/h10-18,23-31,38-39H,1-9H2,(H,32,33)(H,34,35)/t10?,11?,12?,13?,14?,15?,16?,17?,18-,23-,24-,25?,26+,27-/m1/s1. The van der Waals surface area contributed by atoms with E-state index in [9.17, 15) is 49.8 Å². The van der Waals surface area contributed by atoms with Gasteiger partial charge in [-0.05, 0) is 44.4 Å². The maximum absolute atomic E-state index is 12.2. The summed E-state index contributed by atoms with van der Waals surface area (Å²) in [6, 6.07) is 0. The molecule has 0 spiro atoms. The zero-order valence-electron chi connectivity index (χ0n) is 23.7. The van der Waals surface area contributed by atoms with Gasteiger partial charge in [-0.1, -0.05) is 0 Å². The van der Waals surface area contributed by atoms with Crippen molar-refractivity contribution < 1.29 is 83.7 Å². The van der Waals surface area contributed by atoms with E-state index in [1.807, 2.05) is 0 Å². The second-order valence-electron chi connectivity index (χ2n) is 11.9. The van der Waals surface area contributed by atoms with Crippen LogP contribution in [-0.4, -0.2) is 145 Å². The summed E-state index contributed by atoms with van der Waals surface area (Å²) in [6.07, 6.45) is -15.6. The van der Waals surface area contributed by atoms with Gasteiger partial charge in [0.2, 0.25) is 0 Å². The van der Waals surface area contributed by atoms with Gasteiger partial charge in [-0.2, -0.15) is 0 Å². The zero-order valence-corrected chi connectivity index (χ0v) is 23.7. The van der Waals surface area contributed by atoms with E-state index in [0.29, 0.717) is 6.42 Å². The van der Waals surface area contributed by atoms with Crippen molar-refractivity contribution in [2.75, 3.05) is 6.61 Å². The molecule has 0 aromatic heterocycles. The molecule has 2 aliphatic heterocycles. The van der Waals surface area contributed by atoms with Crippen molar-refractivity contribution in [1.29, 1.82) is 0 Å². The molecule has 17 nitrogen and oxygen atoms in total. The molecular weight excluding hydrogens is 596 g/mol. The molecule has 8 N–H and O–H groups in total. The predicted octanol–water partition coefficient (Wildman–Crippen LogP) is -2.97. The van der Waals surface area contributed by atoms with Crippen LogP contribution in [0.4, 0.5) is 0 Å². The van der Waals surface area contributed by atoms with Gasteiger partial charge in [-0.3, -0.25) is 19.2 Å². The van der Waals surface area contributed by atoms with Crippen LogP contribution in [0, 0.1) is 11.8 Å². The Hall–Kier alpha value is -2.48. The van der Waals surface area contributed by atoms with Gasteiger partial charge >= 0.3 is 23.9 Å². The molecule has 4 aliphatic rings. The fourth-order valence-electron chi connectivity index (χ4n) is 6.54. The van der Waals surface area contributed by atoms with Gasteiger partial charge in [0.05, 0.1) is 42.7 Å². The zero-order chi connectivity index (χ0) is 32.3. The molecule has 2 saturated carbocycles. The molecule has 250 valence electrons. The normalized spacial score (nSPS) is 42.5. The highest BCUT2D eigenvalue weighted by Gasteiger charge is 2.53. The Bertz CT molecular complexity index is 1040. The Morgan fingerprint density at radius 3 is 2.07 bits per heavy atom. The second-order valence-corrected chi connectivity index (χ2v) is 11.9. The first kappa shape index (κ1) is 34.4. The molecule has 0 radical (unpaired) electrons. The van der Waals surface area contributed by atoms with E-state index < -0.39 is 123 Å². The summed E-state index contributed by atoms with van der Waals surface area (Å²) in [5, 5.41) is 81.0. The molecule has 9 unspecified atom stereocenters. The lowest BCUT2D eigenvalue weighted by Crippen LogP contribution is -2.63. The van der Waals surface area contributed by atoms with Gasteiger partial charge in [0.15, 0.2) is 12.4 Å². The molecule has 4 rings (SSSR count). The van der Waals surface area contributed by atoms with Crippen molar-refractivity contribution in [3.8, 4) is 0 Å². The van der Waals surface area contributed by atoms with Gasteiger partial charge in [0, 0.05) is 5.92 Å². The summed E-state index contributed by atoms with van der Waals surface area (Å²) in [7, 11) is 0. The van der Waals surface area contributed by atoms with Crippen LogP contribution in [0.1, 0.15) is 51.4 Å². The number of rotatable bonds is 10. The van der Waals surface area contributed by atoms with Gasteiger partial charge in [0.25, 0.3) is 0 Å². The smallest absolute Gasteiger partial charge is 0.317 e. The van der Waals surface area contributed by atoms with E-state index in [-0.39, 0.29) is 38.0 Å². The first-order chi connectivity index (χ1) is 20.7. The minimum atomic E-state index is -1.90. The number of hydrogen-bond donors (Lipinski definition) is 8. The van der Waals surface area contributed by atoms with Crippen molar-refractivity contribution in [1.82, 2.24) is 0 Å². The largest absolute Gasteiger partial charge is 0.481 e. The van der Waals surface area contributed by atoms with Crippen molar-refractivity contribution >= 4 is 23.9 Å². The monoisotopic (exact) mass is 636 g/mol. The summed E-state index contributed by atoms with van der Waals surface area (Å²) in [4.78, 5) is 45.8. The highest BCUT2D eigenvalue weighted by molar-refractivity contribution is 5.90. The number of ether oxygens (including phenoxy) is 5. The number of aliphatic carboxylic acids is 2. The maximum Gasteiger partial charge on any atom is 0.317 e. The van der Waals surface area contributed by atoms with E-state index in [1.165, 1.54) is 0 Å². The SMILES string of the molecule is O=C(O)CC(=O)OC[C@H]1O[C@@H](OC2CC3C(O)CC(O)CC3OC2C2CCC(O)C(O)C2)[C@H](O)[C@@H](OC(=O)CC(=O)O)[C@@H]1O. The average molecular weight is 637 g/mol. The highest BCUT2D eigenvalue weighted by Crippen LogP contribution is 2.43. The van der Waals surface area contributed by atoms with Crippen LogP contribution in [0.3, 0.4) is 0 Å². The summed E-state index contributed by atoms with van der Waals surface area (Å²) in [5.41, 5.74) is 0. The van der Waals surface area contributed by atoms with Gasteiger partial charge in [0.1, 0.15) is 37.8 Å². The minimum absolute atomic E-state index is 0.0936. The third-order valence-electron chi connectivity index (χ3n) is 8.70. The van der Waals surface area contributed by atoms with Crippen molar-refractivity contribution in [3.05, 3.63) is 0 Å². The third-order valence-corrected chi connectivity index (χ3v) is 8.70. The highest BCUT2D eigenvalue weighted by atomic mass is 16.7. The Morgan fingerprint density at radius 2 is 1.41 bits per heavy atom. The number of carbonyl (C=O) groups is 4. The number of esters is 2. The molecule has 17 heteroatoms. The number of fused-ring (bicyclic) bond motifs is 1. The molecule has 2 saturated heterocycles. The molecule has 4 fully saturated rings. The molecule has 0 amide bonds. The fraction of sp³-hybridized carbons (Fsp3) is 0.852. The Labute approximate surface area is 251 Å². The molecule has 2 heterocycles. The summed E-state index contributed by atoms with van der Waals surface area (Å²) in [5.74, 6) is -6.35. The van der Waals surface area contributed by atoms with E-state index in [0.717, 1.165) is 0 Å². The summed E-state index contributed by atoms with van der Waals surface area (Å²) in [6.45, 7) is -0.745. The van der Waals surface area contributed by atoms with Crippen molar-refractivity contribution in [2.24, 2.45) is 11.8 Å². The number of aliphatic hydroxyl groups excluding tert-OH is 6. The van der Waals surface area contributed by atoms with Crippen LogP contribution >= 0.6 is 0 Å². The number of carboxylic acids is 2. The van der Waals surface area contributed by atoms with E-state index in [2.05, 4.69) is 0 Å². The van der Waals surface area contributed by atoms with E-state index >= 15 is 0 Å². The Kier molecular flexibility index (Phi) is 11.5. The molecule has 44 heavy (non-hydrogen) atoms. The first-order valence-corrected chi connectivity index (χ1v) is 14.6. The molecule has 0 aromatic carbocycles. The summed E-state index contributed by atoms with van der Waals surface area (Å²) < 4.78 is 28.2. The topological polar surface area (TPSA) is 276 Å². The number of aliphatic hydroxyl groups is 6. The van der Waals surface area contributed by atoms with Gasteiger partial charge in [-0.25, -0.2) is 0 Å². The van der Waals surface area contributed by atoms with Crippen LogP contribution < -0.4 is 0 Å². The lowest BCUT2D eigenvalue weighted by atomic mass is 9.72. The van der Waals surface area contributed by atoms with Crippen LogP contribution in [0.15, 0.2) is 0 Å². The van der Waals surface area contributed by atoms with Crippen molar-refractivity contribution in [2.45, 2.75) is 125 Å². The Morgan fingerprint density at radius 1 is 0.727 bits per heavy atom. The number of carbonyl (C=O) groups excluding carboxylic acids is 2. The predicted molar refractivity (Wildman–Crippen MR) is 138 cm³/mol. The first-order valence-electron chi connectivity index (χ1n) is 14.6. The molecule has 0 aromatic rings. The maximum atomic E-state index is 12.2. The quantitative estimate of drug-likeness (QED) is 0.0878. The van der Waals surface area contributed by atoms with E-state index in [4.69, 9.17) is 33.9 Å². The fourth-order valence-corrected chi connectivity index (χ4v) is 6.54. The lowest BCUT2D eigenvalue weighted by molar-refractivity contribution is -0.334. The van der Waals surface area contributed by atoms with Crippen LogP contribution in [0.2, 0.25) is 0 Å². The number of hydrogen-bond acceptors (Lipinski definition) is 15. The number of carboxylic acid groups (broad SMARTS) is 2. The molecule has 14 atom stereocenters. The molecule has 2 aliphatic carbocycles. The molecule has 0 bridgehead atoms. The van der Waals surface area contributed by atoms with Crippen LogP contribution in [-0.2, 0) is 42.9 Å². The Balaban J connectivity index is 1.57. The minimum Gasteiger partial charge on any atom is -0.481 e. The van der Waals surface area contributed by atoms with Crippen molar-refractivity contribution in [3.63, 3.8) is 0 Å². The second kappa shape index (κ2) is 14.7.